The first-order valence-electron chi connectivity index (χ1n) is 8.39. The van der Waals surface area contributed by atoms with Crippen molar-refractivity contribution in [3.05, 3.63) is 34.9 Å². The number of halogens is 1. The van der Waals surface area contributed by atoms with Crippen molar-refractivity contribution < 1.29 is 5.11 Å². The van der Waals surface area contributed by atoms with Crippen molar-refractivity contribution in [1.29, 1.82) is 0 Å². The number of aliphatic hydroxyl groups excluding tert-OH is 1. The number of hydrogen-bond acceptors (Lipinski definition) is 1. The molecule has 3 unspecified atom stereocenters. The number of aliphatic hydroxyl groups is 1. The molecule has 3 atom stereocenters. The molecule has 1 N–H and O–H groups in total. The van der Waals surface area contributed by atoms with Crippen LogP contribution < -0.4 is 0 Å². The van der Waals surface area contributed by atoms with Gasteiger partial charge in [0, 0.05) is 5.02 Å². The fraction of sp³-hybridized carbons (Fsp3) is 0.684. The highest BCUT2D eigenvalue weighted by Gasteiger charge is 2.57. The zero-order valence-corrected chi connectivity index (χ0v) is 13.6. The zero-order chi connectivity index (χ0) is 14.7. The Morgan fingerprint density at radius 1 is 1.14 bits per heavy atom. The number of benzene rings is 1. The van der Waals surface area contributed by atoms with E-state index in [2.05, 4.69) is 19.1 Å². The summed E-state index contributed by atoms with van der Waals surface area (Å²) in [6, 6.07) is 8.00. The molecule has 0 amide bonds. The van der Waals surface area contributed by atoms with Gasteiger partial charge >= 0.3 is 0 Å². The Bertz CT molecular complexity index is 521. The molecule has 114 valence electrons. The highest BCUT2D eigenvalue weighted by atomic mass is 35.5. The van der Waals surface area contributed by atoms with Gasteiger partial charge in [-0.2, -0.15) is 0 Å². The topological polar surface area (TPSA) is 20.2 Å². The maximum atomic E-state index is 11.0. The minimum atomic E-state index is -0.191. The maximum Gasteiger partial charge on any atom is 0.0637 e. The first kappa shape index (κ1) is 14.1. The van der Waals surface area contributed by atoms with Crippen LogP contribution in [0.25, 0.3) is 0 Å². The van der Waals surface area contributed by atoms with E-state index in [1.54, 1.807) is 0 Å². The van der Waals surface area contributed by atoms with Crippen molar-refractivity contribution in [2.24, 2.45) is 22.7 Å². The molecule has 1 aromatic carbocycles. The van der Waals surface area contributed by atoms with Crippen molar-refractivity contribution in [2.75, 3.05) is 0 Å². The first-order chi connectivity index (χ1) is 9.96. The van der Waals surface area contributed by atoms with Gasteiger partial charge in [-0.1, -0.05) is 30.7 Å². The lowest BCUT2D eigenvalue weighted by molar-refractivity contribution is -0.152. The first-order valence-corrected chi connectivity index (χ1v) is 8.77. The van der Waals surface area contributed by atoms with Gasteiger partial charge in [0.15, 0.2) is 0 Å². The van der Waals surface area contributed by atoms with Crippen LogP contribution in [0, 0.1) is 22.7 Å². The summed E-state index contributed by atoms with van der Waals surface area (Å²) in [6.07, 6.45) is 8.57. The molecule has 4 fully saturated rings. The molecule has 0 aliphatic heterocycles. The second kappa shape index (κ2) is 4.73. The quantitative estimate of drug-likeness (QED) is 0.846. The van der Waals surface area contributed by atoms with Gasteiger partial charge in [-0.05, 0) is 85.3 Å². The van der Waals surface area contributed by atoms with Crippen molar-refractivity contribution in [2.45, 2.75) is 58.0 Å². The molecule has 0 radical (unpaired) electrons. The third kappa shape index (κ3) is 2.43. The highest BCUT2D eigenvalue weighted by molar-refractivity contribution is 6.30. The standard InChI is InChI=1S/C19H25ClO/c1-18-8-14-6-15(9-18)11-19(10-14,12-18)17(21)7-13-2-4-16(20)5-3-13/h2-5,14-15,17,21H,6-12H2,1H3. The van der Waals surface area contributed by atoms with E-state index in [1.165, 1.54) is 44.1 Å². The lowest BCUT2D eigenvalue weighted by Crippen LogP contribution is -2.55. The average Bonchev–Trinajstić information content (AvgIpc) is 2.38. The summed E-state index contributed by atoms with van der Waals surface area (Å²) in [7, 11) is 0. The Kier molecular flexibility index (Phi) is 3.17. The monoisotopic (exact) mass is 304 g/mol. The maximum absolute atomic E-state index is 11.0. The minimum Gasteiger partial charge on any atom is -0.392 e. The van der Waals surface area contributed by atoms with Crippen LogP contribution in [0.1, 0.15) is 51.0 Å². The molecule has 5 rings (SSSR count). The molecule has 21 heavy (non-hydrogen) atoms. The minimum absolute atomic E-state index is 0.191. The molecule has 0 saturated heterocycles. The van der Waals surface area contributed by atoms with Crippen LogP contribution in [0.5, 0.6) is 0 Å². The number of rotatable bonds is 3. The van der Waals surface area contributed by atoms with Gasteiger partial charge in [0.05, 0.1) is 6.10 Å². The van der Waals surface area contributed by atoms with E-state index in [1.807, 2.05) is 12.1 Å². The van der Waals surface area contributed by atoms with Crippen LogP contribution in [-0.2, 0) is 6.42 Å². The van der Waals surface area contributed by atoms with Crippen LogP contribution in [0.4, 0.5) is 0 Å². The van der Waals surface area contributed by atoms with Crippen molar-refractivity contribution in [1.82, 2.24) is 0 Å². The van der Waals surface area contributed by atoms with E-state index in [4.69, 9.17) is 11.6 Å². The Labute approximate surface area is 132 Å². The second-order valence-electron chi connectivity index (χ2n) is 8.48. The molecule has 0 aromatic heterocycles. The SMILES string of the molecule is CC12CC3CC(C1)CC(C(O)Cc1ccc(Cl)cc1)(C3)C2. The molecule has 4 aliphatic rings. The average molecular weight is 305 g/mol. The summed E-state index contributed by atoms with van der Waals surface area (Å²) in [5.41, 5.74) is 1.91. The summed E-state index contributed by atoms with van der Waals surface area (Å²) in [5.74, 6) is 1.74. The normalized spacial score (nSPS) is 42.2. The fourth-order valence-electron chi connectivity index (χ4n) is 6.25. The highest BCUT2D eigenvalue weighted by Crippen LogP contribution is 2.66. The van der Waals surface area contributed by atoms with Crippen LogP contribution in [-0.4, -0.2) is 11.2 Å². The van der Waals surface area contributed by atoms with Gasteiger partial charge in [-0.3, -0.25) is 0 Å². The van der Waals surface area contributed by atoms with Crippen molar-refractivity contribution >= 4 is 11.6 Å². The third-order valence-corrected chi connectivity index (χ3v) is 6.70. The van der Waals surface area contributed by atoms with Gasteiger partial charge in [0.25, 0.3) is 0 Å². The van der Waals surface area contributed by atoms with Crippen LogP contribution in [0.15, 0.2) is 24.3 Å². The van der Waals surface area contributed by atoms with Crippen molar-refractivity contribution in [3.8, 4) is 0 Å². The summed E-state index contributed by atoms with van der Waals surface area (Å²) < 4.78 is 0. The van der Waals surface area contributed by atoms with Gasteiger partial charge in [-0.25, -0.2) is 0 Å². The Morgan fingerprint density at radius 2 is 1.76 bits per heavy atom. The number of hydrogen-bond donors (Lipinski definition) is 1. The van der Waals surface area contributed by atoms with E-state index >= 15 is 0 Å². The summed E-state index contributed by atoms with van der Waals surface area (Å²) >= 11 is 5.96. The summed E-state index contributed by atoms with van der Waals surface area (Å²) in [4.78, 5) is 0. The van der Waals surface area contributed by atoms with E-state index in [0.717, 1.165) is 23.3 Å². The molecule has 0 spiro atoms. The molecule has 2 heteroatoms. The second-order valence-corrected chi connectivity index (χ2v) is 8.92. The molecular weight excluding hydrogens is 280 g/mol. The van der Waals surface area contributed by atoms with Crippen LogP contribution in [0.2, 0.25) is 5.02 Å². The van der Waals surface area contributed by atoms with Crippen LogP contribution in [0.3, 0.4) is 0 Å². The van der Waals surface area contributed by atoms with Crippen molar-refractivity contribution in [3.63, 3.8) is 0 Å². The third-order valence-electron chi connectivity index (χ3n) is 6.45. The largest absolute Gasteiger partial charge is 0.392 e. The summed E-state index contributed by atoms with van der Waals surface area (Å²) in [6.45, 7) is 2.47. The lowest BCUT2D eigenvalue weighted by atomic mass is 9.43. The Morgan fingerprint density at radius 3 is 2.33 bits per heavy atom. The van der Waals surface area contributed by atoms with E-state index in [9.17, 15) is 5.11 Å². The molecule has 1 nitrogen and oxygen atoms in total. The van der Waals surface area contributed by atoms with Gasteiger partial charge in [-0.15, -0.1) is 0 Å². The van der Waals surface area contributed by atoms with Crippen LogP contribution >= 0.6 is 11.6 Å². The lowest BCUT2D eigenvalue weighted by Gasteiger charge is -2.62. The smallest absolute Gasteiger partial charge is 0.0637 e. The molecule has 1 aromatic rings. The van der Waals surface area contributed by atoms with Gasteiger partial charge in [0.1, 0.15) is 0 Å². The Hall–Kier alpha value is -0.530. The molecule has 4 bridgehead atoms. The van der Waals surface area contributed by atoms with E-state index < -0.39 is 0 Å². The van der Waals surface area contributed by atoms with Gasteiger partial charge < -0.3 is 5.11 Å². The Balaban J connectivity index is 1.56. The predicted octanol–water partition coefficient (Wildman–Crippen LogP) is 4.85. The van der Waals surface area contributed by atoms with E-state index in [-0.39, 0.29) is 11.5 Å². The predicted molar refractivity (Wildman–Crippen MR) is 86.4 cm³/mol. The zero-order valence-electron chi connectivity index (χ0n) is 12.8. The molecule has 4 aliphatic carbocycles. The molecule has 0 heterocycles. The van der Waals surface area contributed by atoms with E-state index in [0.29, 0.717) is 5.41 Å². The summed E-state index contributed by atoms with van der Waals surface area (Å²) in [5, 5.41) is 11.8. The molecular formula is C19H25ClO. The van der Waals surface area contributed by atoms with Gasteiger partial charge in [0.2, 0.25) is 0 Å². The fourth-order valence-corrected chi connectivity index (χ4v) is 6.37. The molecule has 4 saturated carbocycles.